The second-order valence-corrected chi connectivity index (χ2v) is 5.01. The van der Waals surface area contributed by atoms with Crippen LogP contribution < -0.4 is 5.32 Å². The average Bonchev–Trinajstić information content (AvgIpc) is 2.75. The fourth-order valence-corrected chi connectivity index (χ4v) is 2.63. The van der Waals surface area contributed by atoms with Crippen LogP contribution in [-0.2, 0) is 4.79 Å². The van der Waals surface area contributed by atoms with Gasteiger partial charge in [0, 0.05) is 10.5 Å². The van der Waals surface area contributed by atoms with Crippen LogP contribution in [0.1, 0.15) is 0 Å². The van der Waals surface area contributed by atoms with Gasteiger partial charge >= 0.3 is 0 Å². The van der Waals surface area contributed by atoms with E-state index in [4.69, 9.17) is 11.6 Å². The van der Waals surface area contributed by atoms with Gasteiger partial charge < -0.3 is 10.3 Å². The van der Waals surface area contributed by atoms with E-state index in [1.807, 2.05) is 18.2 Å². The van der Waals surface area contributed by atoms with Gasteiger partial charge in [-0.15, -0.1) is 11.8 Å². The molecule has 1 aliphatic heterocycles. The first-order valence-corrected chi connectivity index (χ1v) is 6.36. The Hall–Kier alpha value is -1.46. The SMILES string of the molecule is O=C1CSc2ccc(-c3cnc(Cl)[nH]3)cc2N1. The molecule has 6 heteroatoms. The number of rotatable bonds is 1. The lowest BCUT2D eigenvalue weighted by atomic mass is 10.1. The van der Waals surface area contributed by atoms with Crippen molar-refractivity contribution in [3.05, 3.63) is 29.7 Å². The van der Waals surface area contributed by atoms with E-state index >= 15 is 0 Å². The molecule has 4 nitrogen and oxygen atoms in total. The summed E-state index contributed by atoms with van der Waals surface area (Å²) in [6.07, 6.45) is 1.67. The number of hydrogen-bond acceptors (Lipinski definition) is 3. The van der Waals surface area contributed by atoms with Crippen molar-refractivity contribution in [3.63, 3.8) is 0 Å². The number of imidazole rings is 1. The summed E-state index contributed by atoms with van der Waals surface area (Å²) in [6.45, 7) is 0. The lowest BCUT2D eigenvalue weighted by Gasteiger charge is -2.16. The predicted octanol–water partition coefficient (Wildman–Crippen LogP) is 2.77. The number of nitrogens with one attached hydrogen (secondary N) is 2. The van der Waals surface area contributed by atoms with Crippen LogP contribution in [0.15, 0.2) is 29.3 Å². The molecular formula is C11H8ClN3OS. The summed E-state index contributed by atoms with van der Waals surface area (Å²) in [6, 6.07) is 5.89. The fraction of sp³-hybridized carbons (Fsp3) is 0.0909. The molecule has 1 aromatic heterocycles. The Morgan fingerprint density at radius 3 is 3.06 bits per heavy atom. The normalized spacial score (nSPS) is 14.3. The molecule has 1 aromatic carbocycles. The molecule has 0 bridgehead atoms. The number of aromatic nitrogens is 2. The van der Waals surface area contributed by atoms with Crippen LogP contribution in [-0.4, -0.2) is 21.6 Å². The van der Waals surface area contributed by atoms with Gasteiger partial charge in [-0.3, -0.25) is 4.79 Å². The third-order valence-electron chi connectivity index (χ3n) is 2.47. The molecule has 3 rings (SSSR count). The van der Waals surface area contributed by atoms with E-state index in [1.165, 1.54) is 0 Å². The molecule has 1 amide bonds. The van der Waals surface area contributed by atoms with Crippen LogP contribution in [0.3, 0.4) is 0 Å². The number of aromatic amines is 1. The first kappa shape index (κ1) is 10.7. The number of hydrogen-bond donors (Lipinski definition) is 2. The zero-order valence-electron chi connectivity index (χ0n) is 8.66. The zero-order valence-corrected chi connectivity index (χ0v) is 10.2. The average molecular weight is 266 g/mol. The quantitative estimate of drug-likeness (QED) is 0.834. The van der Waals surface area contributed by atoms with Gasteiger partial charge in [0.25, 0.3) is 0 Å². The molecule has 0 saturated carbocycles. The second kappa shape index (κ2) is 4.09. The van der Waals surface area contributed by atoms with Gasteiger partial charge in [-0.05, 0) is 23.7 Å². The van der Waals surface area contributed by atoms with Crippen molar-refractivity contribution < 1.29 is 4.79 Å². The van der Waals surface area contributed by atoms with Crippen molar-refractivity contribution in [1.29, 1.82) is 0 Å². The van der Waals surface area contributed by atoms with Crippen molar-refractivity contribution in [1.82, 2.24) is 9.97 Å². The summed E-state index contributed by atoms with van der Waals surface area (Å²) >= 11 is 7.28. The number of fused-ring (bicyclic) bond motifs is 1. The van der Waals surface area contributed by atoms with Crippen molar-refractivity contribution in [2.24, 2.45) is 0 Å². The summed E-state index contributed by atoms with van der Waals surface area (Å²) in [5.74, 6) is 0.504. The molecule has 0 atom stereocenters. The first-order valence-electron chi connectivity index (χ1n) is 5.00. The Labute approximate surface area is 107 Å². The van der Waals surface area contributed by atoms with Crippen molar-refractivity contribution in [2.45, 2.75) is 4.90 Å². The van der Waals surface area contributed by atoms with Gasteiger partial charge in [0.1, 0.15) is 0 Å². The lowest BCUT2D eigenvalue weighted by Crippen LogP contribution is -2.18. The highest BCUT2D eigenvalue weighted by Crippen LogP contribution is 2.34. The van der Waals surface area contributed by atoms with E-state index in [0.717, 1.165) is 21.8 Å². The van der Waals surface area contributed by atoms with E-state index in [9.17, 15) is 4.79 Å². The van der Waals surface area contributed by atoms with Gasteiger partial charge in [0.05, 0.1) is 23.3 Å². The van der Waals surface area contributed by atoms with Crippen LogP contribution in [0.2, 0.25) is 5.28 Å². The maximum absolute atomic E-state index is 11.3. The summed E-state index contributed by atoms with van der Waals surface area (Å²) in [5, 5.41) is 3.21. The topological polar surface area (TPSA) is 57.8 Å². The lowest BCUT2D eigenvalue weighted by molar-refractivity contribution is -0.113. The third-order valence-corrected chi connectivity index (χ3v) is 3.73. The number of amides is 1. The van der Waals surface area contributed by atoms with E-state index in [1.54, 1.807) is 18.0 Å². The van der Waals surface area contributed by atoms with Gasteiger partial charge in [-0.25, -0.2) is 4.98 Å². The molecule has 2 aromatic rings. The molecule has 0 aliphatic carbocycles. The number of carbonyl (C=O) groups excluding carboxylic acids is 1. The highest BCUT2D eigenvalue weighted by atomic mass is 35.5. The Kier molecular flexibility index (Phi) is 2.57. The molecule has 0 fully saturated rings. The van der Waals surface area contributed by atoms with Crippen LogP contribution in [0.4, 0.5) is 5.69 Å². The minimum Gasteiger partial charge on any atom is -0.329 e. The minimum atomic E-state index is 0.0299. The molecule has 0 radical (unpaired) electrons. The maximum Gasteiger partial charge on any atom is 0.234 e. The minimum absolute atomic E-state index is 0.0299. The molecular weight excluding hydrogens is 258 g/mol. The second-order valence-electron chi connectivity index (χ2n) is 3.64. The van der Waals surface area contributed by atoms with Crippen molar-refractivity contribution in [2.75, 3.05) is 11.1 Å². The Balaban J connectivity index is 2.03. The number of nitrogens with zero attached hydrogens (tertiary/aromatic N) is 1. The molecule has 0 unspecified atom stereocenters. The predicted molar refractivity (Wildman–Crippen MR) is 68.4 cm³/mol. The summed E-state index contributed by atoms with van der Waals surface area (Å²) < 4.78 is 0. The molecule has 86 valence electrons. The highest BCUT2D eigenvalue weighted by Gasteiger charge is 2.16. The summed E-state index contributed by atoms with van der Waals surface area (Å²) in [7, 11) is 0. The van der Waals surface area contributed by atoms with Gasteiger partial charge in [-0.2, -0.15) is 0 Å². The number of thioether (sulfide) groups is 1. The number of carbonyl (C=O) groups is 1. The standard InChI is InChI=1S/C11H8ClN3OS/c12-11-13-4-8(15-11)6-1-2-9-7(3-6)14-10(16)5-17-9/h1-4H,5H2,(H,13,15)(H,14,16). The summed E-state index contributed by atoms with van der Waals surface area (Å²) in [4.78, 5) is 19.3. The molecule has 1 aliphatic rings. The number of anilines is 1. The largest absolute Gasteiger partial charge is 0.329 e. The van der Waals surface area contributed by atoms with E-state index in [-0.39, 0.29) is 5.91 Å². The van der Waals surface area contributed by atoms with Crippen molar-refractivity contribution in [3.8, 4) is 11.3 Å². The zero-order chi connectivity index (χ0) is 11.8. The number of benzene rings is 1. The van der Waals surface area contributed by atoms with Gasteiger partial charge in [0.15, 0.2) is 5.28 Å². The Morgan fingerprint density at radius 2 is 2.29 bits per heavy atom. The fourth-order valence-electron chi connectivity index (χ4n) is 1.69. The molecule has 0 spiro atoms. The molecule has 17 heavy (non-hydrogen) atoms. The van der Waals surface area contributed by atoms with Crippen LogP contribution in [0.25, 0.3) is 11.3 Å². The van der Waals surface area contributed by atoms with Gasteiger partial charge in [0.2, 0.25) is 5.91 Å². The Morgan fingerprint density at radius 1 is 1.41 bits per heavy atom. The van der Waals surface area contributed by atoms with Crippen LogP contribution in [0.5, 0.6) is 0 Å². The van der Waals surface area contributed by atoms with E-state index < -0.39 is 0 Å². The summed E-state index contributed by atoms with van der Waals surface area (Å²) in [5.41, 5.74) is 2.63. The molecule has 0 saturated heterocycles. The Bertz CT molecular complexity index is 596. The smallest absolute Gasteiger partial charge is 0.234 e. The van der Waals surface area contributed by atoms with Crippen LogP contribution in [0, 0.1) is 0 Å². The van der Waals surface area contributed by atoms with Crippen molar-refractivity contribution >= 4 is 35.0 Å². The third kappa shape index (κ3) is 2.03. The first-order chi connectivity index (χ1) is 8.22. The van der Waals surface area contributed by atoms with Gasteiger partial charge in [-0.1, -0.05) is 6.07 Å². The van der Waals surface area contributed by atoms with Crippen LogP contribution >= 0.6 is 23.4 Å². The maximum atomic E-state index is 11.3. The van der Waals surface area contributed by atoms with E-state index in [2.05, 4.69) is 15.3 Å². The van der Waals surface area contributed by atoms with E-state index in [0.29, 0.717) is 11.0 Å². The monoisotopic (exact) mass is 265 g/mol. The highest BCUT2D eigenvalue weighted by molar-refractivity contribution is 8.00. The number of halogens is 1. The molecule has 2 heterocycles. The molecule has 2 N–H and O–H groups in total. The number of H-pyrrole nitrogens is 1.